The molecule has 3 aromatic carbocycles. The molecule has 154 valence electrons. The molecule has 0 aromatic heterocycles. The number of hydrogen-bond donors (Lipinski definition) is 0. The zero-order chi connectivity index (χ0) is 21.3. The summed E-state index contributed by atoms with van der Waals surface area (Å²) in [5, 5.41) is 0. The van der Waals surface area contributed by atoms with Crippen LogP contribution < -0.4 is 0 Å². The highest BCUT2D eigenvalue weighted by molar-refractivity contribution is 7.99. The van der Waals surface area contributed by atoms with Crippen molar-refractivity contribution < 1.29 is 0 Å². The van der Waals surface area contributed by atoms with Gasteiger partial charge in [-0.2, -0.15) is 0 Å². The van der Waals surface area contributed by atoms with Crippen molar-refractivity contribution in [3.63, 3.8) is 0 Å². The molecule has 0 aliphatic rings. The summed E-state index contributed by atoms with van der Waals surface area (Å²) in [5.41, 5.74) is 5.06. The van der Waals surface area contributed by atoms with Crippen LogP contribution in [0, 0.1) is 0 Å². The lowest BCUT2D eigenvalue weighted by atomic mass is 10.1. The highest BCUT2D eigenvalue weighted by Gasteiger charge is 2.07. The third-order valence-corrected chi connectivity index (χ3v) is 7.95. The second kappa shape index (κ2) is 11.8. The van der Waals surface area contributed by atoms with Crippen LogP contribution in [0.5, 0.6) is 0 Å². The highest BCUT2D eigenvalue weighted by atomic mass is 32.2. The first-order valence-electron chi connectivity index (χ1n) is 9.58. The summed E-state index contributed by atoms with van der Waals surface area (Å²) in [6, 6.07) is 21.7. The van der Waals surface area contributed by atoms with Gasteiger partial charge in [0.05, 0.1) is 0 Å². The summed E-state index contributed by atoms with van der Waals surface area (Å²) in [5.74, 6) is 0. The van der Waals surface area contributed by atoms with Crippen LogP contribution in [0.2, 0.25) is 0 Å². The van der Waals surface area contributed by atoms with E-state index in [1.165, 1.54) is 41.8 Å². The molecule has 3 rings (SSSR count). The average molecular weight is 467 g/mol. The lowest BCUT2D eigenvalue weighted by Crippen LogP contribution is -1.87. The van der Waals surface area contributed by atoms with Gasteiger partial charge in [-0.15, -0.1) is 47.0 Å². The van der Waals surface area contributed by atoms with Crippen molar-refractivity contribution in [3.8, 4) is 0 Å². The van der Waals surface area contributed by atoms with Gasteiger partial charge in [0, 0.05) is 19.6 Å². The molecule has 0 saturated heterocycles. The van der Waals surface area contributed by atoms with Crippen molar-refractivity contribution in [2.75, 3.05) is 25.0 Å². The molecule has 0 atom stereocenters. The Morgan fingerprint density at radius 3 is 1.13 bits per heavy atom. The zero-order valence-corrected chi connectivity index (χ0v) is 21.0. The number of rotatable bonds is 8. The summed E-state index contributed by atoms with van der Waals surface area (Å²) < 4.78 is 0. The Hall–Kier alpha value is -1.46. The van der Waals surface area contributed by atoms with Crippen LogP contribution in [0.25, 0.3) is 24.3 Å². The van der Waals surface area contributed by atoms with E-state index in [0.29, 0.717) is 0 Å². The summed E-state index contributed by atoms with van der Waals surface area (Å²) in [7, 11) is 0. The van der Waals surface area contributed by atoms with E-state index < -0.39 is 0 Å². The normalized spacial score (nSPS) is 11.6. The Morgan fingerprint density at radius 1 is 0.433 bits per heavy atom. The van der Waals surface area contributed by atoms with Crippen LogP contribution in [0.4, 0.5) is 0 Å². The van der Waals surface area contributed by atoms with Gasteiger partial charge in [0.1, 0.15) is 0 Å². The van der Waals surface area contributed by atoms with E-state index in [4.69, 9.17) is 0 Å². The van der Waals surface area contributed by atoms with Crippen molar-refractivity contribution in [1.82, 2.24) is 0 Å². The van der Waals surface area contributed by atoms with Crippen LogP contribution in [0.3, 0.4) is 0 Å². The summed E-state index contributed by atoms with van der Waals surface area (Å²) >= 11 is 7.17. The Balaban J connectivity index is 1.96. The van der Waals surface area contributed by atoms with E-state index in [9.17, 15) is 0 Å². The van der Waals surface area contributed by atoms with Gasteiger partial charge in [0.2, 0.25) is 0 Å². The maximum atomic E-state index is 2.31. The maximum Gasteiger partial charge on any atom is 0.0148 e. The number of thioether (sulfide) groups is 4. The molecule has 30 heavy (non-hydrogen) atoms. The minimum absolute atomic E-state index is 1.26. The van der Waals surface area contributed by atoms with E-state index in [-0.39, 0.29) is 0 Å². The predicted molar refractivity (Wildman–Crippen MR) is 144 cm³/mol. The Morgan fingerprint density at radius 2 is 0.767 bits per heavy atom. The molecule has 0 spiro atoms. The van der Waals surface area contributed by atoms with Gasteiger partial charge in [-0.25, -0.2) is 0 Å². The highest BCUT2D eigenvalue weighted by Crippen LogP contribution is 2.33. The first kappa shape index (κ1) is 23.2. The lowest BCUT2D eigenvalue weighted by Gasteiger charge is -2.11. The summed E-state index contributed by atoms with van der Waals surface area (Å²) in [6.45, 7) is 0. The predicted octanol–water partition coefficient (Wildman–Crippen LogP) is 8.92. The Kier molecular flexibility index (Phi) is 9.13. The average Bonchev–Trinajstić information content (AvgIpc) is 2.81. The van der Waals surface area contributed by atoms with Crippen LogP contribution in [0.15, 0.2) is 80.2 Å². The SMILES string of the molecule is CSc1ccccc1/C=C/c1cc(SC)c(/C=C/c2ccccc2SC)cc1SC. The minimum atomic E-state index is 1.26. The topological polar surface area (TPSA) is 0 Å². The van der Waals surface area contributed by atoms with Gasteiger partial charge >= 0.3 is 0 Å². The van der Waals surface area contributed by atoms with E-state index in [0.717, 1.165) is 0 Å². The van der Waals surface area contributed by atoms with Gasteiger partial charge in [-0.1, -0.05) is 60.7 Å². The summed E-state index contributed by atoms with van der Waals surface area (Å²) in [6.07, 6.45) is 17.5. The molecule has 0 fully saturated rings. The van der Waals surface area contributed by atoms with Crippen LogP contribution in [-0.4, -0.2) is 25.0 Å². The van der Waals surface area contributed by atoms with Gasteiger partial charge < -0.3 is 0 Å². The molecule has 0 unspecified atom stereocenters. The Labute approximate surface area is 198 Å². The molecule has 0 bridgehead atoms. The first-order chi connectivity index (χ1) is 14.7. The van der Waals surface area contributed by atoms with E-state index >= 15 is 0 Å². The monoisotopic (exact) mass is 466 g/mol. The number of benzene rings is 3. The molecular weight excluding hydrogens is 441 g/mol. The summed E-state index contributed by atoms with van der Waals surface area (Å²) in [4.78, 5) is 5.19. The fourth-order valence-corrected chi connectivity index (χ4v) is 5.56. The molecule has 0 aliphatic carbocycles. The van der Waals surface area contributed by atoms with Crippen molar-refractivity contribution in [2.45, 2.75) is 19.6 Å². The van der Waals surface area contributed by atoms with Crippen molar-refractivity contribution in [3.05, 3.63) is 82.9 Å². The van der Waals surface area contributed by atoms with Gasteiger partial charge in [0.15, 0.2) is 0 Å². The van der Waals surface area contributed by atoms with Gasteiger partial charge in [-0.05, 0) is 71.5 Å². The molecule has 3 aromatic rings. The first-order valence-corrected chi connectivity index (χ1v) is 14.5. The quantitative estimate of drug-likeness (QED) is 0.240. The van der Waals surface area contributed by atoms with Crippen molar-refractivity contribution in [1.29, 1.82) is 0 Å². The van der Waals surface area contributed by atoms with Gasteiger partial charge in [-0.3, -0.25) is 0 Å². The van der Waals surface area contributed by atoms with Crippen LogP contribution >= 0.6 is 47.0 Å². The molecular formula is C26H26S4. The zero-order valence-electron chi connectivity index (χ0n) is 17.7. The van der Waals surface area contributed by atoms with Crippen molar-refractivity contribution in [2.24, 2.45) is 0 Å². The van der Waals surface area contributed by atoms with Crippen LogP contribution in [-0.2, 0) is 0 Å². The maximum absolute atomic E-state index is 2.31. The fraction of sp³-hybridized carbons (Fsp3) is 0.154. The second-order valence-corrected chi connectivity index (χ2v) is 9.88. The molecule has 0 radical (unpaired) electrons. The smallest absolute Gasteiger partial charge is 0.0148 e. The van der Waals surface area contributed by atoms with E-state index in [1.54, 1.807) is 47.0 Å². The molecule has 0 N–H and O–H groups in total. The second-order valence-electron chi connectivity index (χ2n) is 6.49. The largest absolute Gasteiger partial charge is 0.129 e. The molecule has 0 nitrogen and oxygen atoms in total. The molecule has 0 saturated carbocycles. The molecule has 0 heterocycles. The minimum Gasteiger partial charge on any atom is -0.129 e. The van der Waals surface area contributed by atoms with E-state index in [1.807, 2.05) is 0 Å². The molecule has 0 amide bonds. The fourth-order valence-electron chi connectivity index (χ4n) is 3.17. The van der Waals surface area contributed by atoms with Gasteiger partial charge in [0.25, 0.3) is 0 Å². The Bertz CT molecular complexity index is 965. The number of hydrogen-bond acceptors (Lipinski definition) is 4. The van der Waals surface area contributed by atoms with Crippen LogP contribution in [0.1, 0.15) is 22.3 Å². The van der Waals surface area contributed by atoms with E-state index in [2.05, 4.69) is 110 Å². The third kappa shape index (κ3) is 5.82. The van der Waals surface area contributed by atoms with Crippen molar-refractivity contribution >= 4 is 71.4 Å². The molecule has 0 aliphatic heterocycles. The third-order valence-electron chi connectivity index (χ3n) is 4.74. The standard InChI is InChI=1S/C26H26S4/c1-27-23-11-7-5-9-19(23)13-15-21-17-26(30-4)22(18-25(21)29-3)16-14-20-10-6-8-12-24(20)28-2/h5-18H,1-4H3/b15-13+,16-14+. The molecule has 4 heteroatoms. The lowest BCUT2D eigenvalue weighted by molar-refractivity contribution is 1.31.